The Morgan fingerprint density at radius 3 is 1.47 bits per heavy atom. The van der Waals surface area contributed by atoms with Gasteiger partial charge < -0.3 is 30.3 Å². The average Bonchev–Trinajstić information content (AvgIpc) is 2.83. The summed E-state index contributed by atoms with van der Waals surface area (Å²) in [5, 5.41) is 22.0. The predicted molar refractivity (Wildman–Crippen MR) is 137 cm³/mol. The number of rotatable bonds is 27. The van der Waals surface area contributed by atoms with Crippen molar-refractivity contribution in [1.29, 1.82) is 0 Å². The summed E-state index contributed by atoms with van der Waals surface area (Å²) < 4.78 is 10.4. The third kappa shape index (κ3) is 28.0. The zero-order chi connectivity index (χ0) is 26.7. The normalized spacial score (nSPS) is 10.8. The lowest BCUT2D eigenvalue weighted by molar-refractivity contribution is -0.138. The first-order valence-corrected chi connectivity index (χ1v) is 13.5. The Balaban J connectivity index is 3.23. The molecule has 0 rings (SSSR count). The van der Waals surface area contributed by atoms with E-state index in [9.17, 15) is 19.2 Å². The molecule has 0 aromatic heterocycles. The second kappa shape index (κ2) is 25.9. The van der Waals surface area contributed by atoms with Crippen LogP contribution in [-0.4, -0.2) is 73.5 Å². The first kappa shape index (κ1) is 33.8. The molecule has 0 bridgehead atoms. The molecule has 0 aliphatic carbocycles. The highest BCUT2D eigenvalue weighted by molar-refractivity contribution is 5.81. The highest BCUT2D eigenvalue weighted by atomic mass is 16.5. The van der Waals surface area contributed by atoms with E-state index in [2.05, 4.69) is 10.6 Å². The molecule has 0 saturated carbocycles. The molecule has 0 aromatic carbocycles. The third-order valence-corrected chi connectivity index (χ3v) is 5.65. The molecular weight excluding hydrogens is 468 g/mol. The van der Waals surface area contributed by atoms with E-state index in [1.165, 1.54) is 57.8 Å². The van der Waals surface area contributed by atoms with Gasteiger partial charge in [0, 0.05) is 19.4 Å². The molecule has 10 nitrogen and oxygen atoms in total. The number of carbonyl (C=O) groups is 4. The minimum atomic E-state index is -1.11. The fourth-order valence-corrected chi connectivity index (χ4v) is 3.64. The number of hydrogen-bond acceptors (Lipinski definition) is 6. The minimum Gasteiger partial charge on any atom is -0.481 e. The maximum Gasteiger partial charge on any atom is 0.322 e. The second-order valence-corrected chi connectivity index (χ2v) is 9.03. The van der Waals surface area contributed by atoms with E-state index in [1.807, 2.05) is 0 Å². The molecule has 0 aromatic rings. The monoisotopic (exact) mass is 516 g/mol. The molecule has 0 atom stereocenters. The Hall–Kier alpha value is -2.20. The van der Waals surface area contributed by atoms with Crippen LogP contribution in [0.1, 0.15) is 103 Å². The van der Waals surface area contributed by atoms with E-state index in [0.717, 1.165) is 32.1 Å². The molecule has 210 valence electrons. The van der Waals surface area contributed by atoms with Gasteiger partial charge in [0.25, 0.3) is 0 Å². The van der Waals surface area contributed by atoms with Gasteiger partial charge in [-0.1, -0.05) is 77.0 Å². The lowest BCUT2D eigenvalue weighted by atomic mass is 10.0. The lowest BCUT2D eigenvalue weighted by Gasteiger charge is -2.07. The van der Waals surface area contributed by atoms with Crippen LogP contribution in [0.4, 0.5) is 0 Å². The van der Waals surface area contributed by atoms with Crippen molar-refractivity contribution in [2.45, 2.75) is 103 Å². The number of nitrogens with one attached hydrogen (secondary N) is 2. The van der Waals surface area contributed by atoms with Gasteiger partial charge in [0.2, 0.25) is 11.8 Å². The first-order valence-electron chi connectivity index (χ1n) is 13.5. The number of aliphatic carboxylic acids is 2. The number of carboxylic acid groups (broad SMARTS) is 2. The van der Waals surface area contributed by atoms with E-state index in [-0.39, 0.29) is 25.7 Å². The summed E-state index contributed by atoms with van der Waals surface area (Å²) in [6.45, 7) is 0.661. The topological polar surface area (TPSA) is 151 Å². The van der Waals surface area contributed by atoms with Crippen molar-refractivity contribution in [3.05, 3.63) is 0 Å². The number of hydrogen-bond donors (Lipinski definition) is 4. The SMILES string of the molecule is O=C(O)CCCCCCCCCCCCCCCCC(=O)NCCOCCOCC(=O)NCC(=O)O. The summed E-state index contributed by atoms with van der Waals surface area (Å²) in [7, 11) is 0. The summed E-state index contributed by atoms with van der Waals surface area (Å²) in [5.74, 6) is -2.26. The summed E-state index contributed by atoms with van der Waals surface area (Å²) in [5.41, 5.74) is 0. The summed E-state index contributed by atoms with van der Waals surface area (Å²) in [4.78, 5) is 43.8. The summed E-state index contributed by atoms with van der Waals surface area (Å²) >= 11 is 0. The molecule has 0 spiro atoms. The smallest absolute Gasteiger partial charge is 0.322 e. The number of amides is 2. The van der Waals surface area contributed by atoms with Crippen LogP contribution in [0.2, 0.25) is 0 Å². The molecule has 0 heterocycles. The molecule has 0 radical (unpaired) electrons. The van der Waals surface area contributed by atoms with Gasteiger partial charge in [-0.05, 0) is 12.8 Å². The number of carbonyl (C=O) groups excluding carboxylic acids is 2. The zero-order valence-electron chi connectivity index (χ0n) is 21.9. The predicted octanol–water partition coefficient (Wildman–Crippen LogP) is 3.66. The Labute approximate surface area is 215 Å². The standard InChI is InChI=1S/C26H48N2O8/c29-23(27-17-18-35-19-20-36-22-24(30)28-21-26(33)34)15-13-11-9-7-5-3-1-2-4-6-8-10-12-14-16-25(31)32/h1-22H2,(H,27,29)(H,28,30)(H,31,32)(H,33,34). The van der Waals surface area contributed by atoms with E-state index >= 15 is 0 Å². The van der Waals surface area contributed by atoms with Crippen molar-refractivity contribution < 1.29 is 38.9 Å². The quantitative estimate of drug-likeness (QED) is 0.121. The highest BCUT2D eigenvalue weighted by Crippen LogP contribution is 2.13. The Bertz CT molecular complexity index is 586. The van der Waals surface area contributed by atoms with E-state index in [0.29, 0.717) is 26.0 Å². The van der Waals surface area contributed by atoms with E-state index < -0.39 is 24.4 Å². The molecule has 10 heteroatoms. The summed E-state index contributed by atoms with van der Waals surface area (Å²) in [6.07, 6.45) is 17.0. The maximum absolute atomic E-state index is 11.8. The van der Waals surface area contributed by atoms with Crippen molar-refractivity contribution >= 4 is 23.8 Å². The molecule has 0 unspecified atom stereocenters. The third-order valence-electron chi connectivity index (χ3n) is 5.65. The van der Waals surface area contributed by atoms with Crippen LogP contribution in [0.5, 0.6) is 0 Å². The number of unbranched alkanes of at least 4 members (excludes halogenated alkanes) is 13. The van der Waals surface area contributed by atoms with Gasteiger partial charge in [-0.25, -0.2) is 0 Å². The fraction of sp³-hybridized carbons (Fsp3) is 0.846. The lowest BCUT2D eigenvalue weighted by Crippen LogP contribution is -2.32. The zero-order valence-corrected chi connectivity index (χ0v) is 21.9. The average molecular weight is 517 g/mol. The van der Waals surface area contributed by atoms with Gasteiger partial charge in [0.05, 0.1) is 19.8 Å². The van der Waals surface area contributed by atoms with Gasteiger partial charge in [-0.3, -0.25) is 19.2 Å². The molecular formula is C26H48N2O8. The molecule has 36 heavy (non-hydrogen) atoms. The first-order chi connectivity index (χ1) is 17.4. The van der Waals surface area contributed by atoms with Crippen molar-refractivity contribution in [1.82, 2.24) is 10.6 Å². The van der Waals surface area contributed by atoms with Crippen molar-refractivity contribution in [3.8, 4) is 0 Å². The molecule has 0 aliphatic heterocycles. The summed E-state index contributed by atoms with van der Waals surface area (Å²) in [6, 6.07) is 0. The van der Waals surface area contributed by atoms with Crippen molar-refractivity contribution in [2.75, 3.05) is 39.5 Å². The number of ether oxygens (including phenoxy) is 2. The van der Waals surface area contributed by atoms with Crippen LogP contribution < -0.4 is 10.6 Å². The molecule has 0 saturated heterocycles. The van der Waals surface area contributed by atoms with E-state index in [4.69, 9.17) is 19.7 Å². The Morgan fingerprint density at radius 1 is 0.500 bits per heavy atom. The fourth-order valence-electron chi connectivity index (χ4n) is 3.64. The van der Waals surface area contributed by atoms with Crippen LogP contribution >= 0.6 is 0 Å². The molecule has 0 aliphatic rings. The Kier molecular flexibility index (Phi) is 24.3. The van der Waals surface area contributed by atoms with Crippen LogP contribution in [0, 0.1) is 0 Å². The Morgan fingerprint density at radius 2 is 0.972 bits per heavy atom. The highest BCUT2D eigenvalue weighted by Gasteiger charge is 2.04. The molecule has 0 fully saturated rings. The van der Waals surface area contributed by atoms with Gasteiger partial charge >= 0.3 is 11.9 Å². The van der Waals surface area contributed by atoms with Gasteiger partial charge in [0.1, 0.15) is 13.2 Å². The molecule has 2 amide bonds. The number of carboxylic acids is 2. The molecule has 4 N–H and O–H groups in total. The van der Waals surface area contributed by atoms with Crippen LogP contribution in [0.3, 0.4) is 0 Å². The van der Waals surface area contributed by atoms with Crippen LogP contribution in [-0.2, 0) is 28.7 Å². The maximum atomic E-state index is 11.8. The second-order valence-electron chi connectivity index (χ2n) is 9.03. The van der Waals surface area contributed by atoms with Crippen LogP contribution in [0.25, 0.3) is 0 Å². The van der Waals surface area contributed by atoms with Gasteiger partial charge in [-0.15, -0.1) is 0 Å². The van der Waals surface area contributed by atoms with Crippen molar-refractivity contribution in [3.63, 3.8) is 0 Å². The van der Waals surface area contributed by atoms with Crippen LogP contribution in [0.15, 0.2) is 0 Å². The minimum absolute atomic E-state index is 0.0341. The largest absolute Gasteiger partial charge is 0.481 e. The van der Waals surface area contributed by atoms with Gasteiger partial charge in [0.15, 0.2) is 0 Å². The van der Waals surface area contributed by atoms with Crippen molar-refractivity contribution in [2.24, 2.45) is 0 Å². The van der Waals surface area contributed by atoms with Gasteiger partial charge in [-0.2, -0.15) is 0 Å². The van der Waals surface area contributed by atoms with E-state index in [1.54, 1.807) is 0 Å².